The highest BCUT2D eigenvalue weighted by Gasteiger charge is 2.17. The summed E-state index contributed by atoms with van der Waals surface area (Å²) in [6, 6.07) is 3.69. The molecule has 1 atom stereocenters. The van der Waals surface area contributed by atoms with E-state index in [0.29, 0.717) is 13.2 Å². The summed E-state index contributed by atoms with van der Waals surface area (Å²) >= 11 is 0. The number of carbonyl (C=O) groups is 1. The van der Waals surface area contributed by atoms with Crippen LogP contribution in [0, 0.1) is 6.92 Å². The Kier molecular flexibility index (Phi) is 3.46. The van der Waals surface area contributed by atoms with Crippen molar-refractivity contribution in [3.05, 3.63) is 23.7 Å². The lowest BCUT2D eigenvalue weighted by Gasteiger charge is -2.10. The zero-order chi connectivity index (χ0) is 11.4. The number of nitrogens with one attached hydrogen (secondary N) is 2. The molecule has 0 aromatic carbocycles. The fraction of sp³-hybridized carbons (Fsp3) is 0.545. The number of ether oxygens (including phenoxy) is 1. The van der Waals surface area contributed by atoms with Gasteiger partial charge in [0.15, 0.2) is 0 Å². The lowest BCUT2D eigenvalue weighted by molar-refractivity contribution is 0.188. The van der Waals surface area contributed by atoms with Crippen molar-refractivity contribution in [3.8, 4) is 0 Å². The van der Waals surface area contributed by atoms with Gasteiger partial charge in [-0.2, -0.15) is 0 Å². The van der Waals surface area contributed by atoms with Gasteiger partial charge >= 0.3 is 6.03 Å². The van der Waals surface area contributed by atoms with Crippen LogP contribution in [0.25, 0.3) is 0 Å². The van der Waals surface area contributed by atoms with E-state index in [9.17, 15) is 4.79 Å². The highest BCUT2D eigenvalue weighted by molar-refractivity contribution is 5.74. The SMILES string of the molecule is Cc1ccc(CNC(=O)NC2CCOC2)o1. The van der Waals surface area contributed by atoms with Crippen molar-refractivity contribution in [3.63, 3.8) is 0 Å². The summed E-state index contributed by atoms with van der Waals surface area (Å²) in [6.07, 6.45) is 0.882. The molecule has 2 heterocycles. The highest BCUT2D eigenvalue weighted by Crippen LogP contribution is 2.06. The van der Waals surface area contributed by atoms with Crippen LogP contribution in [0.2, 0.25) is 0 Å². The molecule has 0 saturated carbocycles. The van der Waals surface area contributed by atoms with Crippen molar-refractivity contribution in [2.24, 2.45) is 0 Å². The minimum Gasteiger partial charge on any atom is -0.465 e. The lowest BCUT2D eigenvalue weighted by atomic mass is 10.3. The summed E-state index contributed by atoms with van der Waals surface area (Å²) in [5, 5.41) is 5.58. The van der Waals surface area contributed by atoms with Gasteiger partial charge in [-0.05, 0) is 25.5 Å². The van der Waals surface area contributed by atoms with Crippen molar-refractivity contribution < 1.29 is 13.9 Å². The Hall–Kier alpha value is -1.49. The fourth-order valence-electron chi connectivity index (χ4n) is 1.63. The average Bonchev–Trinajstić information content (AvgIpc) is 2.87. The third kappa shape index (κ3) is 3.00. The predicted molar refractivity (Wildman–Crippen MR) is 58.0 cm³/mol. The number of amides is 2. The summed E-state index contributed by atoms with van der Waals surface area (Å²) in [6.45, 7) is 3.61. The van der Waals surface area contributed by atoms with Gasteiger partial charge in [0.2, 0.25) is 0 Å². The summed E-state index contributed by atoms with van der Waals surface area (Å²) in [5.41, 5.74) is 0. The maximum atomic E-state index is 11.5. The Morgan fingerprint density at radius 3 is 3.06 bits per heavy atom. The molecular formula is C11H16N2O3. The van der Waals surface area contributed by atoms with Crippen LogP contribution in [-0.4, -0.2) is 25.3 Å². The average molecular weight is 224 g/mol. The molecule has 1 aromatic heterocycles. The maximum Gasteiger partial charge on any atom is 0.315 e. The molecule has 0 radical (unpaired) electrons. The minimum absolute atomic E-state index is 0.137. The molecule has 0 spiro atoms. The molecule has 0 aliphatic carbocycles. The van der Waals surface area contributed by atoms with Crippen molar-refractivity contribution in [1.29, 1.82) is 0 Å². The van der Waals surface area contributed by atoms with Crippen LogP contribution in [-0.2, 0) is 11.3 Å². The minimum atomic E-state index is -0.176. The van der Waals surface area contributed by atoms with Gasteiger partial charge in [-0.3, -0.25) is 0 Å². The zero-order valence-electron chi connectivity index (χ0n) is 9.29. The molecule has 1 saturated heterocycles. The normalized spacial score (nSPS) is 19.7. The maximum absolute atomic E-state index is 11.5. The number of hydrogen-bond acceptors (Lipinski definition) is 3. The van der Waals surface area contributed by atoms with Gasteiger partial charge in [0.1, 0.15) is 11.5 Å². The number of carbonyl (C=O) groups excluding carboxylic acids is 1. The molecule has 1 fully saturated rings. The monoisotopic (exact) mass is 224 g/mol. The Morgan fingerprint density at radius 1 is 1.56 bits per heavy atom. The molecule has 1 aliphatic heterocycles. The van der Waals surface area contributed by atoms with E-state index >= 15 is 0 Å². The molecule has 16 heavy (non-hydrogen) atoms. The van der Waals surface area contributed by atoms with Crippen LogP contribution in [0.4, 0.5) is 4.79 Å². The summed E-state index contributed by atoms with van der Waals surface area (Å²) in [4.78, 5) is 11.5. The van der Waals surface area contributed by atoms with Gasteiger partial charge in [-0.1, -0.05) is 0 Å². The van der Waals surface area contributed by atoms with Crippen molar-refractivity contribution >= 4 is 6.03 Å². The smallest absolute Gasteiger partial charge is 0.315 e. The van der Waals surface area contributed by atoms with Crippen LogP contribution in [0.15, 0.2) is 16.5 Å². The molecule has 2 N–H and O–H groups in total. The molecule has 5 nitrogen and oxygen atoms in total. The number of aryl methyl sites for hydroxylation is 1. The Balaban J connectivity index is 1.71. The van der Waals surface area contributed by atoms with E-state index in [1.165, 1.54) is 0 Å². The molecule has 1 unspecified atom stereocenters. The second-order valence-corrected chi connectivity index (χ2v) is 3.90. The molecule has 88 valence electrons. The molecule has 5 heteroatoms. The first kappa shape index (κ1) is 11.0. The standard InChI is InChI=1S/C11H16N2O3/c1-8-2-3-10(16-8)6-12-11(14)13-9-4-5-15-7-9/h2-3,9H,4-7H2,1H3,(H2,12,13,14). The van der Waals surface area contributed by atoms with E-state index in [4.69, 9.17) is 9.15 Å². The van der Waals surface area contributed by atoms with E-state index in [2.05, 4.69) is 10.6 Å². The second-order valence-electron chi connectivity index (χ2n) is 3.90. The number of urea groups is 1. The van der Waals surface area contributed by atoms with Gasteiger partial charge in [0, 0.05) is 6.61 Å². The Labute approximate surface area is 94.1 Å². The molecule has 2 rings (SSSR count). The summed E-state index contributed by atoms with van der Waals surface area (Å²) in [7, 11) is 0. The second kappa shape index (κ2) is 5.03. The first-order chi connectivity index (χ1) is 7.74. The largest absolute Gasteiger partial charge is 0.465 e. The zero-order valence-corrected chi connectivity index (χ0v) is 9.29. The van der Waals surface area contributed by atoms with Crippen LogP contribution in [0.5, 0.6) is 0 Å². The summed E-state index contributed by atoms with van der Waals surface area (Å²) in [5.74, 6) is 1.61. The van der Waals surface area contributed by atoms with Gasteiger partial charge in [0.05, 0.1) is 19.2 Å². The van der Waals surface area contributed by atoms with Crippen LogP contribution in [0.1, 0.15) is 17.9 Å². The van der Waals surface area contributed by atoms with Gasteiger partial charge < -0.3 is 19.8 Å². The topological polar surface area (TPSA) is 63.5 Å². The molecule has 1 aromatic rings. The van der Waals surface area contributed by atoms with Gasteiger partial charge in [-0.25, -0.2) is 4.79 Å². The number of rotatable bonds is 3. The van der Waals surface area contributed by atoms with E-state index in [0.717, 1.165) is 24.5 Å². The van der Waals surface area contributed by atoms with Crippen molar-refractivity contribution in [2.45, 2.75) is 25.9 Å². The number of hydrogen-bond donors (Lipinski definition) is 2. The van der Waals surface area contributed by atoms with Gasteiger partial charge in [0.25, 0.3) is 0 Å². The van der Waals surface area contributed by atoms with Crippen LogP contribution in [0.3, 0.4) is 0 Å². The van der Waals surface area contributed by atoms with Gasteiger partial charge in [-0.15, -0.1) is 0 Å². The van der Waals surface area contributed by atoms with E-state index in [1.807, 2.05) is 19.1 Å². The van der Waals surface area contributed by atoms with Crippen LogP contribution < -0.4 is 10.6 Å². The Morgan fingerprint density at radius 2 is 2.44 bits per heavy atom. The van der Waals surface area contributed by atoms with E-state index < -0.39 is 0 Å². The molecular weight excluding hydrogens is 208 g/mol. The third-order valence-electron chi connectivity index (χ3n) is 2.48. The van der Waals surface area contributed by atoms with Crippen molar-refractivity contribution in [1.82, 2.24) is 10.6 Å². The quantitative estimate of drug-likeness (QED) is 0.810. The Bertz CT molecular complexity index is 356. The van der Waals surface area contributed by atoms with Crippen LogP contribution >= 0.6 is 0 Å². The highest BCUT2D eigenvalue weighted by atomic mass is 16.5. The van der Waals surface area contributed by atoms with E-state index in [-0.39, 0.29) is 12.1 Å². The molecule has 1 aliphatic rings. The first-order valence-corrected chi connectivity index (χ1v) is 5.41. The predicted octanol–water partition coefficient (Wildman–Crippen LogP) is 1.18. The molecule has 0 bridgehead atoms. The number of furan rings is 1. The summed E-state index contributed by atoms with van der Waals surface area (Å²) < 4.78 is 10.5. The van der Waals surface area contributed by atoms with Crippen molar-refractivity contribution in [2.75, 3.05) is 13.2 Å². The lowest BCUT2D eigenvalue weighted by Crippen LogP contribution is -2.41. The van der Waals surface area contributed by atoms with E-state index in [1.54, 1.807) is 0 Å². The first-order valence-electron chi connectivity index (χ1n) is 5.41. The molecule has 2 amide bonds. The fourth-order valence-corrected chi connectivity index (χ4v) is 1.63. The third-order valence-corrected chi connectivity index (χ3v) is 2.48.